The maximum Gasteiger partial charge on any atom is 0.110 e. The van der Waals surface area contributed by atoms with Gasteiger partial charge in [0.1, 0.15) is 10.9 Å². The molecule has 3 fully saturated rings. The molecule has 5 rings (SSSR count). The lowest BCUT2D eigenvalue weighted by molar-refractivity contribution is -0.115. The van der Waals surface area contributed by atoms with Gasteiger partial charge in [-0.25, -0.2) is 0 Å². The van der Waals surface area contributed by atoms with Crippen LogP contribution in [0.15, 0.2) is 4.21 Å². The van der Waals surface area contributed by atoms with Crippen molar-refractivity contribution >= 4 is 23.1 Å². The summed E-state index contributed by atoms with van der Waals surface area (Å²) in [6, 6.07) is 4.76. The first kappa shape index (κ1) is 19.9. The molecule has 154 valence electrons. The Morgan fingerprint density at radius 2 is 1.93 bits per heavy atom. The number of rotatable bonds is 2. The van der Waals surface area contributed by atoms with Crippen molar-refractivity contribution in [2.24, 2.45) is 29.1 Å². The smallest absolute Gasteiger partial charge is 0.110 e. The van der Waals surface area contributed by atoms with Crippen LogP contribution in [0.5, 0.6) is 0 Å². The summed E-state index contributed by atoms with van der Waals surface area (Å²) >= 11 is 3.25. The molecule has 4 aliphatic rings. The highest BCUT2D eigenvalue weighted by atomic mass is 32.2. The minimum absolute atomic E-state index is 0.111. The highest BCUT2D eigenvalue weighted by Gasteiger charge is 2.60. The van der Waals surface area contributed by atoms with Crippen LogP contribution in [0.1, 0.15) is 74.8 Å². The van der Waals surface area contributed by atoms with Gasteiger partial charge in [-0.3, -0.25) is 0 Å². The van der Waals surface area contributed by atoms with E-state index in [2.05, 4.69) is 26.0 Å². The minimum Gasteiger partial charge on any atom is -0.393 e. The van der Waals surface area contributed by atoms with Crippen molar-refractivity contribution in [3.63, 3.8) is 0 Å². The first-order valence-corrected chi connectivity index (χ1v) is 13.0. The second kappa shape index (κ2) is 7.01. The Morgan fingerprint density at radius 3 is 2.69 bits per heavy atom. The van der Waals surface area contributed by atoms with Gasteiger partial charge in [-0.2, -0.15) is 10.5 Å². The predicted molar refractivity (Wildman–Crippen MR) is 117 cm³/mol. The van der Waals surface area contributed by atoms with Gasteiger partial charge in [-0.05, 0) is 97.0 Å². The third-order valence-electron chi connectivity index (χ3n) is 9.31. The first-order valence-electron chi connectivity index (χ1n) is 11.2. The van der Waals surface area contributed by atoms with Gasteiger partial charge in [-0.15, -0.1) is 11.3 Å². The lowest BCUT2D eigenvalue weighted by Gasteiger charge is -2.60. The van der Waals surface area contributed by atoms with Crippen molar-refractivity contribution in [3.05, 3.63) is 16.0 Å². The van der Waals surface area contributed by atoms with Crippen LogP contribution < -0.4 is 0 Å². The van der Waals surface area contributed by atoms with Gasteiger partial charge in [-0.1, -0.05) is 25.6 Å². The van der Waals surface area contributed by atoms with Gasteiger partial charge in [0.15, 0.2) is 0 Å². The van der Waals surface area contributed by atoms with Crippen LogP contribution in [0.25, 0.3) is 0 Å². The molecule has 1 aromatic rings. The summed E-state index contributed by atoms with van der Waals surface area (Å²) < 4.78 is 1.22. The van der Waals surface area contributed by atoms with E-state index in [0.29, 0.717) is 23.5 Å². The quantitative estimate of drug-likeness (QED) is 0.620. The van der Waals surface area contributed by atoms with E-state index in [4.69, 9.17) is 5.26 Å². The van der Waals surface area contributed by atoms with Gasteiger partial charge >= 0.3 is 0 Å². The molecule has 29 heavy (non-hydrogen) atoms. The van der Waals surface area contributed by atoms with Crippen molar-refractivity contribution in [2.75, 3.05) is 5.75 Å². The molecule has 7 atom stereocenters. The summed E-state index contributed by atoms with van der Waals surface area (Å²) in [6.07, 6.45) is 9.16. The van der Waals surface area contributed by atoms with E-state index in [1.807, 2.05) is 0 Å². The van der Waals surface area contributed by atoms with Crippen LogP contribution in [0.2, 0.25) is 0 Å². The van der Waals surface area contributed by atoms with Gasteiger partial charge in [0, 0.05) is 0 Å². The fraction of sp³-hybridized carbons (Fsp3) is 0.750. The van der Waals surface area contributed by atoms with Crippen molar-refractivity contribution in [1.29, 1.82) is 10.5 Å². The Labute approximate surface area is 182 Å². The Morgan fingerprint density at radius 1 is 1.14 bits per heavy atom. The number of aliphatic hydroxyl groups is 1. The number of thioether (sulfide) groups is 1. The molecule has 1 heterocycles. The normalized spacial score (nSPS) is 42.7. The zero-order chi connectivity index (χ0) is 20.4. The van der Waals surface area contributed by atoms with E-state index >= 15 is 0 Å². The molecule has 0 radical (unpaired) electrons. The summed E-state index contributed by atoms with van der Waals surface area (Å²) in [4.78, 5) is 0.900. The Bertz CT molecular complexity index is 911. The molecule has 1 N–H and O–H groups in total. The van der Waals surface area contributed by atoms with Crippen LogP contribution in [0.3, 0.4) is 0 Å². The fourth-order valence-corrected chi connectivity index (χ4v) is 10.3. The van der Waals surface area contributed by atoms with Crippen molar-refractivity contribution < 1.29 is 5.11 Å². The van der Waals surface area contributed by atoms with Gasteiger partial charge < -0.3 is 5.11 Å². The average molecular weight is 427 g/mol. The van der Waals surface area contributed by atoms with Gasteiger partial charge in [0.25, 0.3) is 0 Å². The molecule has 0 amide bonds. The molecule has 0 saturated heterocycles. The highest BCUT2D eigenvalue weighted by Crippen LogP contribution is 2.67. The molecule has 0 spiro atoms. The summed E-state index contributed by atoms with van der Waals surface area (Å²) in [5.41, 5.74) is 3.13. The number of fused-ring (bicyclic) bond motifs is 7. The third kappa shape index (κ3) is 2.77. The van der Waals surface area contributed by atoms with E-state index in [-0.39, 0.29) is 16.9 Å². The molecule has 3 nitrogen and oxygen atoms in total. The molecule has 0 aliphatic heterocycles. The molecule has 1 aromatic heterocycles. The second-order valence-electron chi connectivity index (χ2n) is 10.4. The summed E-state index contributed by atoms with van der Waals surface area (Å²) in [5, 5.41) is 29.4. The fourth-order valence-electron chi connectivity index (χ4n) is 8.08. The SMILES string of the molecule is C[C@]12C[C@H](O)CC[C@@H]1CC[C@@H]1[C@@H]2CC[C@]2(C)c3c(C#N)sc(SCC#N)c3C[C@@H]12. The summed E-state index contributed by atoms with van der Waals surface area (Å²) in [6.45, 7) is 4.91. The standard InChI is InChI=1S/C24H30N2OS2/c1-23-8-7-18-16(6-4-14-3-5-15(27)12-24(14,18)2)19(23)11-17-21(23)20(13-26)29-22(17)28-10-9-25/h14-16,18-19,27H,3-8,10-12H2,1-2H3/t14-,15-,16-,18+,19+,23+,24+/m1/s1. The molecule has 0 bridgehead atoms. The molecule has 0 unspecified atom stereocenters. The number of aliphatic hydroxyl groups excluding tert-OH is 1. The predicted octanol–water partition coefficient (Wildman–Crippen LogP) is 5.65. The number of thiophene rings is 1. The Hall–Kier alpha value is -1.01. The van der Waals surface area contributed by atoms with Gasteiger partial charge in [0.2, 0.25) is 0 Å². The van der Waals surface area contributed by atoms with E-state index in [1.54, 1.807) is 23.1 Å². The topological polar surface area (TPSA) is 67.8 Å². The van der Waals surface area contributed by atoms with Crippen LogP contribution in [-0.4, -0.2) is 17.0 Å². The lowest BCUT2D eigenvalue weighted by Crippen LogP contribution is -2.54. The maximum absolute atomic E-state index is 10.5. The lowest BCUT2D eigenvalue weighted by atomic mass is 9.45. The number of hydrogen-bond acceptors (Lipinski definition) is 5. The van der Waals surface area contributed by atoms with Crippen molar-refractivity contribution in [2.45, 2.75) is 80.9 Å². The van der Waals surface area contributed by atoms with E-state index < -0.39 is 0 Å². The molecular formula is C24H30N2OS2. The largest absolute Gasteiger partial charge is 0.393 e. The molecular weight excluding hydrogens is 396 g/mol. The number of hydrogen-bond donors (Lipinski definition) is 1. The van der Waals surface area contributed by atoms with Crippen molar-refractivity contribution in [3.8, 4) is 12.1 Å². The van der Waals surface area contributed by atoms with Gasteiger partial charge in [0.05, 0.1) is 22.1 Å². The third-order valence-corrected chi connectivity index (χ3v) is 11.6. The first-order chi connectivity index (χ1) is 13.9. The molecule has 3 saturated carbocycles. The van der Waals surface area contributed by atoms with Crippen LogP contribution in [0.4, 0.5) is 0 Å². The molecule has 0 aromatic carbocycles. The number of nitriles is 2. The molecule has 4 aliphatic carbocycles. The highest BCUT2D eigenvalue weighted by molar-refractivity contribution is 8.01. The van der Waals surface area contributed by atoms with E-state index in [0.717, 1.165) is 36.5 Å². The van der Waals surface area contributed by atoms with Crippen molar-refractivity contribution in [1.82, 2.24) is 0 Å². The zero-order valence-electron chi connectivity index (χ0n) is 17.4. The maximum atomic E-state index is 10.5. The molecule has 5 heteroatoms. The Balaban J connectivity index is 1.51. The number of nitrogens with zero attached hydrogens (tertiary/aromatic N) is 2. The van der Waals surface area contributed by atoms with E-state index in [9.17, 15) is 10.4 Å². The Kier molecular flexibility index (Phi) is 4.82. The van der Waals surface area contributed by atoms with E-state index in [1.165, 1.54) is 41.0 Å². The van der Waals surface area contributed by atoms with Crippen LogP contribution >= 0.6 is 23.1 Å². The van der Waals surface area contributed by atoms with Crippen LogP contribution in [0, 0.1) is 51.7 Å². The average Bonchev–Trinajstić information content (AvgIpc) is 3.20. The monoisotopic (exact) mass is 426 g/mol. The summed E-state index contributed by atoms with van der Waals surface area (Å²) in [7, 11) is 0. The van der Waals surface area contributed by atoms with Crippen LogP contribution in [-0.2, 0) is 11.8 Å². The zero-order valence-corrected chi connectivity index (χ0v) is 19.0. The minimum atomic E-state index is -0.118. The summed E-state index contributed by atoms with van der Waals surface area (Å²) in [5.74, 6) is 3.27. The second-order valence-corrected chi connectivity index (χ2v) is 12.6.